The van der Waals surface area contributed by atoms with Crippen LogP contribution >= 0.6 is 11.9 Å². The van der Waals surface area contributed by atoms with Gasteiger partial charge in [-0.1, -0.05) is 0 Å². The third-order valence-corrected chi connectivity index (χ3v) is 1.53. The first-order valence-electron chi connectivity index (χ1n) is 2.71. The van der Waals surface area contributed by atoms with Gasteiger partial charge in [0.25, 0.3) is 0 Å². The van der Waals surface area contributed by atoms with Crippen LogP contribution in [0.15, 0.2) is 4.99 Å². The third-order valence-electron chi connectivity index (χ3n) is 0.871. The number of amides is 1. The number of hydrogen-bond acceptors (Lipinski definition) is 5. The fraction of sp³-hybridized carbons (Fsp3) is 0.500. The van der Waals surface area contributed by atoms with E-state index in [2.05, 4.69) is 15.0 Å². The molecule has 0 aromatic heterocycles. The van der Waals surface area contributed by atoms with Gasteiger partial charge >= 0.3 is 0 Å². The number of carbonyl (C=O) groups excluding carboxylic acids is 1. The maximum atomic E-state index is 10.4. The van der Waals surface area contributed by atoms with Gasteiger partial charge in [-0.05, 0) is 11.9 Å². The van der Waals surface area contributed by atoms with Crippen molar-refractivity contribution in [2.24, 2.45) is 10.7 Å². The van der Waals surface area contributed by atoms with Gasteiger partial charge in [0.2, 0.25) is 5.91 Å². The van der Waals surface area contributed by atoms with Gasteiger partial charge in [0.15, 0.2) is 11.5 Å². The van der Waals surface area contributed by atoms with Gasteiger partial charge in [0.1, 0.15) is 0 Å². The number of carbonyl (C=O) groups is 1. The first kappa shape index (κ1) is 7.36. The molecule has 1 unspecified atom stereocenters. The first-order chi connectivity index (χ1) is 4.68. The molecule has 0 bridgehead atoms. The molecule has 0 saturated heterocycles. The van der Waals surface area contributed by atoms with E-state index in [-0.39, 0.29) is 12.2 Å². The summed E-state index contributed by atoms with van der Waals surface area (Å²) < 4.78 is 2.79. The molecule has 1 heterocycles. The third kappa shape index (κ3) is 1.89. The lowest BCUT2D eigenvalue weighted by atomic mass is 10.7. The van der Waals surface area contributed by atoms with Crippen molar-refractivity contribution in [3.63, 3.8) is 0 Å². The average Bonchev–Trinajstić information content (AvgIpc) is 2.13. The topological polar surface area (TPSA) is 79.5 Å². The Labute approximate surface area is 62.6 Å². The van der Waals surface area contributed by atoms with E-state index < -0.39 is 0 Å². The summed E-state index contributed by atoms with van der Waals surface area (Å²) in [6, 6.07) is 0. The van der Waals surface area contributed by atoms with Crippen LogP contribution in [-0.4, -0.2) is 17.4 Å². The molecule has 5 nitrogen and oxygen atoms in total. The van der Waals surface area contributed by atoms with Crippen LogP contribution in [0.25, 0.3) is 0 Å². The van der Waals surface area contributed by atoms with Crippen LogP contribution < -0.4 is 15.8 Å². The average molecular weight is 160 g/mol. The Hall–Kier alpha value is -0.750. The summed E-state index contributed by atoms with van der Waals surface area (Å²) >= 11 is 1.21. The Morgan fingerprint density at radius 2 is 2.70 bits per heavy atom. The van der Waals surface area contributed by atoms with E-state index in [9.17, 15) is 4.79 Å². The van der Waals surface area contributed by atoms with Gasteiger partial charge < -0.3 is 11.1 Å². The van der Waals surface area contributed by atoms with Crippen molar-refractivity contribution in [3.05, 3.63) is 0 Å². The van der Waals surface area contributed by atoms with Gasteiger partial charge in [0.05, 0.1) is 0 Å². The number of aliphatic imine (C=N–C) groups is 1. The van der Waals surface area contributed by atoms with Crippen molar-refractivity contribution < 1.29 is 4.79 Å². The Morgan fingerprint density at radius 3 is 3.10 bits per heavy atom. The van der Waals surface area contributed by atoms with E-state index in [1.807, 2.05) is 0 Å². The van der Waals surface area contributed by atoms with E-state index in [0.717, 1.165) is 0 Å². The van der Waals surface area contributed by atoms with Gasteiger partial charge in [-0.2, -0.15) is 0 Å². The second-order valence-corrected chi connectivity index (χ2v) is 2.65. The first-order valence-corrected chi connectivity index (χ1v) is 3.53. The molecule has 0 spiro atoms. The van der Waals surface area contributed by atoms with Gasteiger partial charge in [-0.25, -0.2) is 9.71 Å². The molecule has 1 aliphatic rings. The molecule has 56 valence electrons. The number of nitrogens with one attached hydrogen (secondary N) is 2. The highest BCUT2D eigenvalue weighted by Gasteiger charge is 2.14. The monoisotopic (exact) mass is 160 g/mol. The summed E-state index contributed by atoms with van der Waals surface area (Å²) in [5.41, 5.74) is 5.30. The van der Waals surface area contributed by atoms with E-state index in [1.165, 1.54) is 18.9 Å². The minimum Gasteiger partial charge on any atom is -0.377 e. The number of rotatable bonds is 1. The number of nitrogens with zero attached hydrogens (tertiary/aromatic N) is 1. The zero-order valence-corrected chi connectivity index (χ0v) is 6.23. The van der Waals surface area contributed by atoms with E-state index in [1.54, 1.807) is 0 Å². The van der Waals surface area contributed by atoms with Crippen LogP contribution in [0.2, 0.25) is 0 Å². The highest BCUT2D eigenvalue weighted by Crippen LogP contribution is 2.04. The Morgan fingerprint density at radius 1 is 2.00 bits per heavy atom. The van der Waals surface area contributed by atoms with Crippen LogP contribution in [0, 0.1) is 0 Å². The van der Waals surface area contributed by atoms with Gasteiger partial charge in [0, 0.05) is 6.92 Å². The lowest BCUT2D eigenvalue weighted by Gasteiger charge is -2.05. The van der Waals surface area contributed by atoms with Crippen molar-refractivity contribution in [1.29, 1.82) is 0 Å². The SMILES string of the molecule is CC(=O)NC1N=C(N)SN1. The molecule has 10 heavy (non-hydrogen) atoms. The van der Waals surface area contributed by atoms with E-state index >= 15 is 0 Å². The van der Waals surface area contributed by atoms with Crippen molar-refractivity contribution in [2.45, 2.75) is 13.2 Å². The molecule has 0 saturated carbocycles. The normalized spacial score (nSPS) is 24.1. The lowest BCUT2D eigenvalue weighted by Crippen LogP contribution is -2.37. The molecular weight excluding hydrogens is 152 g/mol. The zero-order valence-electron chi connectivity index (χ0n) is 5.42. The van der Waals surface area contributed by atoms with Gasteiger partial charge in [-0.15, -0.1) is 0 Å². The standard InChI is InChI=1S/C4H8N4OS/c1-2(9)6-4-7-3(5)10-8-4/h4,8H,1H3,(H2,5,7)(H,6,9). The molecule has 1 rings (SSSR count). The predicted octanol–water partition coefficient (Wildman–Crippen LogP) is -1.03. The molecule has 0 radical (unpaired) electrons. The number of nitrogens with two attached hydrogens (primary N) is 1. The number of amidine groups is 1. The van der Waals surface area contributed by atoms with Crippen LogP contribution in [0.3, 0.4) is 0 Å². The zero-order chi connectivity index (χ0) is 7.56. The second kappa shape index (κ2) is 2.89. The van der Waals surface area contributed by atoms with E-state index in [4.69, 9.17) is 5.73 Å². The highest BCUT2D eigenvalue weighted by atomic mass is 32.2. The quantitative estimate of drug-likeness (QED) is 0.429. The molecule has 4 N–H and O–H groups in total. The van der Waals surface area contributed by atoms with Crippen molar-refractivity contribution in [3.8, 4) is 0 Å². The van der Waals surface area contributed by atoms with Crippen molar-refractivity contribution >= 4 is 23.0 Å². The molecular formula is C4H8N4OS. The van der Waals surface area contributed by atoms with Gasteiger partial charge in [-0.3, -0.25) is 4.79 Å². The molecule has 0 aliphatic carbocycles. The van der Waals surface area contributed by atoms with E-state index in [0.29, 0.717) is 5.17 Å². The Bertz CT molecular complexity index is 180. The highest BCUT2D eigenvalue weighted by molar-refractivity contribution is 8.12. The minimum absolute atomic E-state index is 0.128. The maximum absolute atomic E-state index is 10.4. The maximum Gasteiger partial charge on any atom is 0.219 e. The van der Waals surface area contributed by atoms with Crippen molar-refractivity contribution in [1.82, 2.24) is 10.0 Å². The van der Waals surface area contributed by atoms with Crippen LogP contribution in [0.5, 0.6) is 0 Å². The summed E-state index contributed by atoms with van der Waals surface area (Å²) in [7, 11) is 0. The smallest absolute Gasteiger partial charge is 0.219 e. The fourth-order valence-electron chi connectivity index (χ4n) is 0.550. The fourth-order valence-corrected chi connectivity index (χ4v) is 1.05. The summed E-state index contributed by atoms with van der Waals surface area (Å²) in [5, 5.41) is 2.98. The lowest BCUT2D eigenvalue weighted by molar-refractivity contribution is -0.119. The molecule has 6 heteroatoms. The molecule has 0 aromatic rings. The number of hydrogen-bond donors (Lipinski definition) is 3. The Kier molecular flexibility index (Phi) is 2.13. The minimum atomic E-state index is -0.359. The summed E-state index contributed by atoms with van der Waals surface area (Å²) in [5.74, 6) is -0.128. The summed E-state index contributed by atoms with van der Waals surface area (Å²) in [6.45, 7) is 1.43. The summed E-state index contributed by atoms with van der Waals surface area (Å²) in [6.07, 6.45) is -0.359. The predicted molar refractivity (Wildman–Crippen MR) is 40.0 cm³/mol. The van der Waals surface area contributed by atoms with Crippen LogP contribution in [0.4, 0.5) is 0 Å². The second-order valence-electron chi connectivity index (χ2n) is 1.79. The molecule has 1 atom stereocenters. The van der Waals surface area contributed by atoms with Crippen LogP contribution in [0.1, 0.15) is 6.92 Å². The largest absolute Gasteiger partial charge is 0.377 e. The molecule has 0 aromatic carbocycles. The summed E-state index contributed by atoms with van der Waals surface area (Å²) in [4.78, 5) is 14.3. The Balaban J connectivity index is 2.38. The van der Waals surface area contributed by atoms with Crippen molar-refractivity contribution in [2.75, 3.05) is 0 Å². The van der Waals surface area contributed by atoms with Crippen LogP contribution in [-0.2, 0) is 4.79 Å². The molecule has 0 fully saturated rings. The molecule has 1 aliphatic heterocycles. The molecule has 1 amide bonds.